The van der Waals surface area contributed by atoms with Crippen molar-refractivity contribution in [2.45, 2.75) is 25.7 Å². The second-order valence-electron chi connectivity index (χ2n) is 8.34. The van der Waals surface area contributed by atoms with Gasteiger partial charge in [0.1, 0.15) is 10.6 Å². The van der Waals surface area contributed by atoms with Crippen LogP contribution in [0.25, 0.3) is 11.3 Å². The minimum absolute atomic E-state index is 0.0182. The number of aryl methyl sites for hydroxylation is 2. The van der Waals surface area contributed by atoms with Gasteiger partial charge in [0.2, 0.25) is 10.0 Å². The first-order valence-electron chi connectivity index (χ1n) is 11.4. The quantitative estimate of drug-likeness (QED) is 0.454. The van der Waals surface area contributed by atoms with Gasteiger partial charge in [-0.15, -0.1) is 0 Å². The summed E-state index contributed by atoms with van der Waals surface area (Å²) in [4.78, 5) is 14.2. The predicted octanol–water partition coefficient (Wildman–Crippen LogP) is 3.65. The molecule has 0 radical (unpaired) electrons. The summed E-state index contributed by atoms with van der Waals surface area (Å²) >= 11 is 0. The van der Waals surface area contributed by atoms with E-state index in [4.69, 9.17) is 14.0 Å². The van der Waals surface area contributed by atoms with Gasteiger partial charge in [0.05, 0.1) is 13.7 Å². The normalized spacial score (nSPS) is 14.7. The fraction of sp³-hybridized carbons (Fsp3) is 0.360. The van der Waals surface area contributed by atoms with Gasteiger partial charge in [-0.2, -0.15) is 4.31 Å². The smallest absolute Gasteiger partial charge is 0.360 e. The molecule has 1 saturated heterocycles. The number of esters is 1. The summed E-state index contributed by atoms with van der Waals surface area (Å²) in [5.74, 6) is -0.117. The van der Waals surface area contributed by atoms with Gasteiger partial charge in [-0.3, -0.25) is 0 Å². The Bertz CT molecular complexity index is 1330. The summed E-state index contributed by atoms with van der Waals surface area (Å²) in [6, 6.07) is 12.4. The van der Waals surface area contributed by atoms with Crippen molar-refractivity contribution >= 4 is 21.7 Å². The third-order valence-corrected chi connectivity index (χ3v) is 7.92. The van der Waals surface area contributed by atoms with Gasteiger partial charge in [0.15, 0.2) is 11.5 Å². The fourth-order valence-corrected chi connectivity index (χ4v) is 5.72. The average Bonchev–Trinajstić information content (AvgIpc) is 3.36. The van der Waals surface area contributed by atoms with Gasteiger partial charge >= 0.3 is 5.97 Å². The second kappa shape index (κ2) is 10.1. The van der Waals surface area contributed by atoms with Crippen LogP contribution in [0.2, 0.25) is 0 Å². The molecule has 0 amide bonds. The highest BCUT2D eigenvalue weighted by molar-refractivity contribution is 7.89. The minimum Gasteiger partial charge on any atom is -0.495 e. The highest BCUT2D eigenvalue weighted by Gasteiger charge is 2.32. The second-order valence-corrected chi connectivity index (χ2v) is 10.2. The molecule has 2 heterocycles. The van der Waals surface area contributed by atoms with Crippen LogP contribution in [0.3, 0.4) is 0 Å². The van der Waals surface area contributed by atoms with Crippen LogP contribution in [0.5, 0.6) is 5.75 Å². The van der Waals surface area contributed by atoms with Crippen LogP contribution in [-0.4, -0.2) is 63.7 Å². The highest BCUT2D eigenvalue weighted by atomic mass is 32.2. The lowest BCUT2D eigenvalue weighted by Crippen LogP contribution is -2.48. The SMILES string of the molecule is CCOC(=O)c1cc(-c2ccc(OC)c(S(=O)(=O)N3CCN(c4cc(C)ccc4C)CC3)c2)on1. The molecule has 9 nitrogen and oxygen atoms in total. The van der Waals surface area contributed by atoms with Gasteiger partial charge in [-0.1, -0.05) is 17.3 Å². The molecule has 4 rings (SSSR count). The van der Waals surface area contributed by atoms with Crippen molar-refractivity contribution in [3.05, 3.63) is 59.3 Å². The molecule has 0 saturated carbocycles. The predicted molar refractivity (Wildman–Crippen MR) is 131 cm³/mol. The molecule has 0 spiro atoms. The van der Waals surface area contributed by atoms with Gasteiger partial charge < -0.3 is 18.9 Å². The number of rotatable bonds is 7. The molecule has 1 aliphatic rings. The van der Waals surface area contributed by atoms with Crippen LogP contribution in [0.15, 0.2) is 51.9 Å². The van der Waals surface area contributed by atoms with E-state index in [9.17, 15) is 13.2 Å². The summed E-state index contributed by atoms with van der Waals surface area (Å²) in [5.41, 5.74) is 3.94. The van der Waals surface area contributed by atoms with Crippen LogP contribution >= 0.6 is 0 Å². The molecule has 1 fully saturated rings. The number of hydrogen-bond acceptors (Lipinski definition) is 8. The molecular formula is C25H29N3O6S. The van der Waals surface area contributed by atoms with Crippen LogP contribution in [0.1, 0.15) is 28.5 Å². The molecule has 1 aliphatic heterocycles. The van der Waals surface area contributed by atoms with Gasteiger partial charge in [0.25, 0.3) is 0 Å². The third-order valence-electron chi connectivity index (χ3n) is 6.00. The number of methoxy groups -OCH3 is 1. The summed E-state index contributed by atoms with van der Waals surface area (Å²) in [7, 11) is -2.42. The van der Waals surface area contributed by atoms with Crippen LogP contribution < -0.4 is 9.64 Å². The fourth-order valence-electron chi connectivity index (χ4n) is 4.11. The van der Waals surface area contributed by atoms with Gasteiger partial charge in [-0.25, -0.2) is 13.2 Å². The van der Waals surface area contributed by atoms with E-state index in [0.29, 0.717) is 31.7 Å². The highest BCUT2D eigenvalue weighted by Crippen LogP contribution is 2.33. The molecular weight excluding hydrogens is 470 g/mol. The monoisotopic (exact) mass is 499 g/mol. The van der Waals surface area contributed by atoms with Crippen molar-refractivity contribution < 1.29 is 27.2 Å². The van der Waals surface area contributed by atoms with Crippen molar-refractivity contribution in [3.63, 3.8) is 0 Å². The molecule has 2 aromatic carbocycles. The number of carbonyl (C=O) groups is 1. The number of benzene rings is 2. The summed E-state index contributed by atoms with van der Waals surface area (Å²) in [6.45, 7) is 7.87. The number of anilines is 1. The summed E-state index contributed by atoms with van der Waals surface area (Å²) in [5, 5.41) is 3.74. The molecule has 35 heavy (non-hydrogen) atoms. The van der Waals surface area contributed by atoms with Crippen LogP contribution in [-0.2, 0) is 14.8 Å². The Kier molecular flexibility index (Phi) is 7.13. The zero-order valence-electron chi connectivity index (χ0n) is 20.3. The summed E-state index contributed by atoms with van der Waals surface area (Å²) < 4.78 is 44.3. The molecule has 10 heteroatoms. The first-order valence-corrected chi connectivity index (χ1v) is 12.8. The molecule has 0 N–H and O–H groups in total. The number of nitrogens with zero attached hydrogens (tertiary/aromatic N) is 3. The van der Waals surface area contributed by atoms with E-state index < -0.39 is 16.0 Å². The van der Waals surface area contributed by atoms with Crippen molar-refractivity contribution in [3.8, 4) is 17.1 Å². The molecule has 0 atom stereocenters. The number of aromatic nitrogens is 1. The lowest BCUT2D eigenvalue weighted by molar-refractivity contribution is 0.0514. The van der Waals surface area contributed by atoms with E-state index in [-0.39, 0.29) is 28.7 Å². The standard InChI is InChI=1S/C25H29N3O6S/c1-5-33-25(29)20-16-23(34-26-20)19-8-9-22(32-4)24(15-19)35(30,31)28-12-10-27(11-13-28)21-14-17(2)6-7-18(21)3/h6-9,14-16H,5,10-13H2,1-4H3. The number of carbonyl (C=O) groups excluding carboxylic acids is 1. The molecule has 1 aromatic heterocycles. The number of piperazine rings is 1. The Hall–Kier alpha value is -3.37. The zero-order chi connectivity index (χ0) is 25.2. The maximum absolute atomic E-state index is 13.6. The number of hydrogen-bond donors (Lipinski definition) is 0. The summed E-state index contributed by atoms with van der Waals surface area (Å²) in [6.07, 6.45) is 0. The molecule has 3 aromatic rings. The molecule has 0 aliphatic carbocycles. The minimum atomic E-state index is -3.85. The zero-order valence-corrected chi connectivity index (χ0v) is 21.1. The van der Waals surface area contributed by atoms with Gasteiger partial charge in [0, 0.05) is 43.5 Å². The molecule has 0 bridgehead atoms. The van der Waals surface area contributed by atoms with Crippen LogP contribution in [0, 0.1) is 13.8 Å². The first kappa shape index (κ1) is 24.7. The lowest BCUT2D eigenvalue weighted by Gasteiger charge is -2.36. The van der Waals surface area contributed by atoms with Crippen LogP contribution in [0.4, 0.5) is 5.69 Å². The topological polar surface area (TPSA) is 102 Å². The Labute approximate surface area is 205 Å². The van der Waals surface area contributed by atoms with E-state index >= 15 is 0 Å². The average molecular weight is 500 g/mol. The van der Waals surface area contributed by atoms with E-state index in [1.165, 1.54) is 29.1 Å². The van der Waals surface area contributed by atoms with Gasteiger partial charge in [-0.05, 0) is 56.2 Å². The maximum Gasteiger partial charge on any atom is 0.360 e. The number of sulfonamides is 1. The number of ether oxygens (including phenoxy) is 2. The van der Waals surface area contributed by atoms with E-state index in [2.05, 4.69) is 35.2 Å². The third kappa shape index (κ3) is 5.03. The lowest BCUT2D eigenvalue weighted by atomic mass is 10.1. The Morgan fingerprint density at radius 2 is 1.80 bits per heavy atom. The van der Waals surface area contributed by atoms with E-state index in [0.717, 1.165) is 11.3 Å². The maximum atomic E-state index is 13.6. The Morgan fingerprint density at radius 3 is 2.49 bits per heavy atom. The Balaban J connectivity index is 1.58. The largest absolute Gasteiger partial charge is 0.495 e. The first-order chi connectivity index (χ1) is 16.7. The van der Waals surface area contributed by atoms with Crippen molar-refractivity contribution in [2.75, 3.05) is 44.8 Å². The van der Waals surface area contributed by atoms with Crippen molar-refractivity contribution in [2.24, 2.45) is 0 Å². The van der Waals surface area contributed by atoms with E-state index in [1.807, 2.05) is 6.92 Å². The van der Waals surface area contributed by atoms with E-state index in [1.54, 1.807) is 19.1 Å². The van der Waals surface area contributed by atoms with Crippen molar-refractivity contribution in [1.29, 1.82) is 0 Å². The molecule has 186 valence electrons. The Morgan fingerprint density at radius 1 is 1.06 bits per heavy atom. The molecule has 0 unspecified atom stereocenters. The van der Waals surface area contributed by atoms with Crippen molar-refractivity contribution in [1.82, 2.24) is 9.46 Å².